The maximum Gasteiger partial charge on any atom is 0.252 e. The van der Waals surface area contributed by atoms with Gasteiger partial charge in [0.25, 0.3) is 5.91 Å². The molecule has 1 heterocycles. The molecule has 0 aliphatic carbocycles. The van der Waals surface area contributed by atoms with E-state index >= 15 is 0 Å². The second-order valence-corrected chi connectivity index (χ2v) is 5.94. The van der Waals surface area contributed by atoms with Crippen LogP contribution in [0.2, 0.25) is 0 Å². The van der Waals surface area contributed by atoms with Crippen LogP contribution in [0.1, 0.15) is 30.1 Å². The monoisotopic (exact) mass is 358 g/mol. The number of rotatable bonds is 4. The van der Waals surface area contributed by atoms with Crippen molar-refractivity contribution in [2.24, 2.45) is 0 Å². The van der Waals surface area contributed by atoms with Gasteiger partial charge in [-0.3, -0.25) is 9.69 Å². The minimum atomic E-state index is 0.0334. The van der Waals surface area contributed by atoms with Gasteiger partial charge < -0.3 is 5.32 Å². The van der Waals surface area contributed by atoms with Crippen LogP contribution < -0.4 is 5.32 Å². The average molecular weight is 358 g/mol. The summed E-state index contributed by atoms with van der Waals surface area (Å²) < 4.78 is 1.00. The lowest BCUT2D eigenvalue weighted by atomic mass is 10.2. The number of hydrogen-bond acceptors (Lipinski definition) is 2. The van der Waals surface area contributed by atoms with Gasteiger partial charge in [-0.1, -0.05) is 12.1 Å². The number of nitrogens with one attached hydrogen (secondary N) is 1. The predicted octanol–water partition coefficient (Wildman–Crippen LogP) is 2.51. The van der Waals surface area contributed by atoms with Crippen molar-refractivity contribution in [2.45, 2.75) is 25.8 Å². The molecule has 1 aromatic carbocycles. The van der Waals surface area contributed by atoms with Gasteiger partial charge in [0.2, 0.25) is 0 Å². The Labute approximate surface area is 122 Å². The Morgan fingerprint density at radius 2 is 2.06 bits per heavy atom. The standard InChI is InChI=1S/C14H19IN2O/c1-11(17-8-4-5-9-17)10-16-14(18)12-6-2-3-7-13(12)15/h2-3,6-7,11H,4-5,8-10H2,1H3,(H,16,18). The second-order valence-electron chi connectivity index (χ2n) is 4.78. The summed E-state index contributed by atoms with van der Waals surface area (Å²) >= 11 is 2.20. The molecule has 0 spiro atoms. The molecule has 3 nitrogen and oxygen atoms in total. The lowest BCUT2D eigenvalue weighted by Gasteiger charge is -2.23. The molecule has 1 atom stereocenters. The lowest BCUT2D eigenvalue weighted by molar-refractivity contribution is 0.0939. The SMILES string of the molecule is CC(CNC(=O)c1ccccc1I)N1CCCC1. The molecule has 1 saturated heterocycles. The quantitative estimate of drug-likeness (QED) is 0.839. The molecule has 0 aromatic heterocycles. The van der Waals surface area contributed by atoms with Gasteiger partial charge in [0, 0.05) is 16.2 Å². The molecule has 1 aliphatic rings. The molecular weight excluding hydrogens is 339 g/mol. The molecule has 4 heteroatoms. The zero-order valence-corrected chi connectivity index (χ0v) is 12.8. The second kappa shape index (κ2) is 6.52. The summed E-state index contributed by atoms with van der Waals surface area (Å²) in [6.07, 6.45) is 2.57. The van der Waals surface area contributed by atoms with E-state index in [-0.39, 0.29) is 5.91 Å². The van der Waals surface area contributed by atoms with Crippen LogP contribution in [0.15, 0.2) is 24.3 Å². The van der Waals surface area contributed by atoms with Crippen LogP contribution in [-0.2, 0) is 0 Å². The van der Waals surface area contributed by atoms with Gasteiger partial charge in [0.15, 0.2) is 0 Å². The molecule has 1 aromatic rings. The third-order valence-corrected chi connectivity index (χ3v) is 4.38. The van der Waals surface area contributed by atoms with Crippen molar-refractivity contribution in [3.05, 3.63) is 33.4 Å². The molecule has 0 bridgehead atoms. The Kier molecular flexibility index (Phi) is 5.00. The number of amides is 1. The van der Waals surface area contributed by atoms with Crippen LogP contribution in [0.25, 0.3) is 0 Å². The number of halogens is 1. The molecule has 1 fully saturated rings. The number of carbonyl (C=O) groups excluding carboxylic acids is 1. The van der Waals surface area contributed by atoms with Crippen molar-refractivity contribution >= 4 is 28.5 Å². The van der Waals surface area contributed by atoms with E-state index in [4.69, 9.17) is 0 Å². The van der Waals surface area contributed by atoms with Crippen LogP contribution in [0.4, 0.5) is 0 Å². The molecule has 98 valence electrons. The maximum atomic E-state index is 12.1. The summed E-state index contributed by atoms with van der Waals surface area (Å²) in [4.78, 5) is 14.5. The number of carbonyl (C=O) groups is 1. The van der Waals surface area contributed by atoms with Crippen LogP contribution in [0.5, 0.6) is 0 Å². The van der Waals surface area contributed by atoms with Gasteiger partial charge in [-0.05, 0) is 67.6 Å². The van der Waals surface area contributed by atoms with Gasteiger partial charge in [-0.15, -0.1) is 0 Å². The fourth-order valence-electron chi connectivity index (χ4n) is 2.29. The molecule has 0 radical (unpaired) electrons. The zero-order valence-electron chi connectivity index (χ0n) is 10.7. The Morgan fingerprint density at radius 3 is 2.72 bits per heavy atom. The molecule has 0 saturated carbocycles. The van der Waals surface area contributed by atoms with E-state index in [2.05, 4.69) is 39.7 Å². The van der Waals surface area contributed by atoms with Crippen molar-refractivity contribution in [1.82, 2.24) is 10.2 Å². The van der Waals surface area contributed by atoms with Crippen LogP contribution in [0.3, 0.4) is 0 Å². The van der Waals surface area contributed by atoms with Gasteiger partial charge >= 0.3 is 0 Å². The molecule has 2 rings (SSSR count). The first kappa shape index (κ1) is 13.8. The van der Waals surface area contributed by atoms with Gasteiger partial charge in [0.05, 0.1) is 5.56 Å². The Balaban J connectivity index is 1.86. The fraction of sp³-hybridized carbons (Fsp3) is 0.500. The minimum Gasteiger partial charge on any atom is -0.350 e. The molecule has 1 amide bonds. The highest BCUT2D eigenvalue weighted by Gasteiger charge is 2.18. The highest BCUT2D eigenvalue weighted by molar-refractivity contribution is 14.1. The van der Waals surface area contributed by atoms with E-state index in [1.54, 1.807) is 0 Å². The largest absolute Gasteiger partial charge is 0.350 e. The van der Waals surface area contributed by atoms with E-state index in [0.29, 0.717) is 6.04 Å². The van der Waals surface area contributed by atoms with E-state index in [1.165, 1.54) is 25.9 Å². The van der Waals surface area contributed by atoms with E-state index < -0.39 is 0 Å². The topological polar surface area (TPSA) is 32.3 Å². The van der Waals surface area contributed by atoms with Crippen molar-refractivity contribution < 1.29 is 4.79 Å². The van der Waals surface area contributed by atoms with Gasteiger partial charge in [-0.25, -0.2) is 0 Å². The first-order chi connectivity index (χ1) is 8.68. The van der Waals surface area contributed by atoms with Crippen molar-refractivity contribution in [1.29, 1.82) is 0 Å². The summed E-state index contributed by atoms with van der Waals surface area (Å²) in [5.74, 6) is 0.0334. The lowest BCUT2D eigenvalue weighted by Crippen LogP contribution is -2.40. The molecule has 1 aliphatic heterocycles. The summed E-state index contributed by atoms with van der Waals surface area (Å²) in [6.45, 7) is 5.24. The number of benzene rings is 1. The number of hydrogen-bond donors (Lipinski definition) is 1. The highest BCUT2D eigenvalue weighted by atomic mass is 127. The smallest absolute Gasteiger partial charge is 0.252 e. The summed E-state index contributed by atoms with van der Waals surface area (Å²) in [7, 11) is 0. The first-order valence-electron chi connectivity index (χ1n) is 6.45. The number of likely N-dealkylation sites (tertiary alicyclic amines) is 1. The minimum absolute atomic E-state index is 0.0334. The zero-order chi connectivity index (χ0) is 13.0. The van der Waals surface area contributed by atoms with E-state index in [1.807, 2.05) is 24.3 Å². The highest BCUT2D eigenvalue weighted by Crippen LogP contribution is 2.13. The van der Waals surface area contributed by atoms with Crippen molar-refractivity contribution in [2.75, 3.05) is 19.6 Å². The van der Waals surface area contributed by atoms with E-state index in [0.717, 1.165) is 15.7 Å². The summed E-state index contributed by atoms with van der Waals surface area (Å²) in [6, 6.07) is 8.11. The predicted molar refractivity (Wildman–Crippen MR) is 81.8 cm³/mol. The Hall–Kier alpha value is -0.620. The third kappa shape index (κ3) is 3.45. The normalized spacial score (nSPS) is 17.7. The molecule has 1 N–H and O–H groups in total. The fourth-order valence-corrected chi connectivity index (χ4v) is 2.92. The van der Waals surface area contributed by atoms with E-state index in [9.17, 15) is 4.79 Å². The molecule has 18 heavy (non-hydrogen) atoms. The van der Waals surface area contributed by atoms with Crippen LogP contribution >= 0.6 is 22.6 Å². The maximum absolute atomic E-state index is 12.1. The third-order valence-electron chi connectivity index (χ3n) is 3.44. The molecule has 1 unspecified atom stereocenters. The molecular formula is C14H19IN2O. The first-order valence-corrected chi connectivity index (χ1v) is 7.53. The summed E-state index contributed by atoms with van der Waals surface area (Å²) in [5.41, 5.74) is 0.770. The van der Waals surface area contributed by atoms with Crippen LogP contribution in [0, 0.1) is 3.57 Å². The van der Waals surface area contributed by atoms with Gasteiger partial charge in [0.1, 0.15) is 0 Å². The summed E-state index contributed by atoms with van der Waals surface area (Å²) in [5, 5.41) is 3.03. The van der Waals surface area contributed by atoms with Crippen molar-refractivity contribution in [3.8, 4) is 0 Å². The Bertz CT molecular complexity index is 416. The van der Waals surface area contributed by atoms with Crippen molar-refractivity contribution in [3.63, 3.8) is 0 Å². The van der Waals surface area contributed by atoms with Crippen LogP contribution in [-0.4, -0.2) is 36.5 Å². The van der Waals surface area contributed by atoms with Gasteiger partial charge in [-0.2, -0.15) is 0 Å². The Morgan fingerprint density at radius 1 is 1.39 bits per heavy atom. The number of nitrogens with zero attached hydrogens (tertiary/aromatic N) is 1. The average Bonchev–Trinajstić information content (AvgIpc) is 2.90.